The molecule has 0 spiro atoms. The number of benzene rings is 3. The number of phenolic OH excluding ortho intramolecular Hbond substituents is 1. The average molecular weight is 487 g/mol. The molecule has 0 aliphatic carbocycles. The standard InChI is InChI=1S/C30H31ClN2O2/c1-16(2)22-13-20(14-23(17(3)4)29(22)34)30(35)33-26-15-32-28-19(6)11-18(5)12-24(28)27(26)21-9-7-8-10-25(21)31/h7-17,34H,1-6H3,(H,33,35). The number of rotatable bonds is 5. The predicted octanol–water partition coefficient (Wildman–Crippen LogP) is 8.38. The van der Waals surface area contributed by atoms with Crippen LogP contribution in [0.3, 0.4) is 0 Å². The fourth-order valence-electron chi connectivity index (χ4n) is 4.60. The lowest BCUT2D eigenvalue weighted by Crippen LogP contribution is -2.15. The van der Waals surface area contributed by atoms with Gasteiger partial charge in [-0.3, -0.25) is 9.78 Å². The SMILES string of the molecule is Cc1cc(C)c2ncc(NC(=O)c3cc(C(C)C)c(O)c(C(C)C)c3)c(-c3ccccc3Cl)c2c1. The van der Waals surface area contributed by atoms with Crippen LogP contribution >= 0.6 is 11.6 Å². The van der Waals surface area contributed by atoms with Crippen molar-refractivity contribution >= 4 is 34.1 Å². The lowest BCUT2D eigenvalue weighted by atomic mass is 9.91. The number of halogens is 1. The van der Waals surface area contributed by atoms with E-state index in [1.807, 2.05) is 65.8 Å². The van der Waals surface area contributed by atoms with E-state index in [-0.39, 0.29) is 23.5 Å². The molecule has 0 aliphatic rings. The number of hydrogen-bond acceptors (Lipinski definition) is 3. The van der Waals surface area contributed by atoms with Crippen LogP contribution in [0.4, 0.5) is 5.69 Å². The van der Waals surface area contributed by atoms with Crippen LogP contribution in [-0.4, -0.2) is 16.0 Å². The molecule has 35 heavy (non-hydrogen) atoms. The Labute approximate surface area is 212 Å². The van der Waals surface area contributed by atoms with Crippen molar-refractivity contribution in [1.82, 2.24) is 4.98 Å². The highest BCUT2D eigenvalue weighted by molar-refractivity contribution is 6.34. The topological polar surface area (TPSA) is 62.2 Å². The van der Waals surface area contributed by atoms with E-state index in [2.05, 4.69) is 17.4 Å². The number of nitrogens with one attached hydrogen (secondary N) is 1. The van der Waals surface area contributed by atoms with Crippen molar-refractivity contribution in [2.45, 2.75) is 53.4 Å². The quantitative estimate of drug-likeness (QED) is 0.297. The third-order valence-corrected chi connectivity index (χ3v) is 6.70. The largest absolute Gasteiger partial charge is 0.507 e. The third-order valence-electron chi connectivity index (χ3n) is 6.37. The summed E-state index contributed by atoms with van der Waals surface area (Å²) in [5.41, 5.74) is 7.32. The van der Waals surface area contributed by atoms with Crippen molar-refractivity contribution in [1.29, 1.82) is 0 Å². The third kappa shape index (κ3) is 4.76. The van der Waals surface area contributed by atoms with Gasteiger partial charge in [0.05, 0.1) is 17.4 Å². The lowest BCUT2D eigenvalue weighted by molar-refractivity contribution is 0.102. The highest BCUT2D eigenvalue weighted by Gasteiger charge is 2.21. The van der Waals surface area contributed by atoms with Gasteiger partial charge in [0.2, 0.25) is 0 Å². The monoisotopic (exact) mass is 486 g/mol. The minimum Gasteiger partial charge on any atom is -0.507 e. The molecule has 4 nitrogen and oxygen atoms in total. The van der Waals surface area contributed by atoms with Gasteiger partial charge in [0.15, 0.2) is 0 Å². The number of aromatic hydroxyl groups is 1. The summed E-state index contributed by atoms with van der Waals surface area (Å²) in [6, 6.07) is 15.4. The first-order valence-corrected chi connectivity index (χ1v) is 12.3. The van der Waals surface area contributed by atoms with Crippen LogP contribution in [0, 0.1) is 13.8 Å². The molecule has 0 atom stereocenters. The molecular formula is C30H31ClN2O2. The molecule has 3 aromatic carbocycles. The molecule has 5 heteroatoms. The Balaban J connectivity index is 1.90. The first-order chi connectivity index (χ1) is 16.6. The molecular weight excluding hydrogens is 456 g/mol. The number of fused-ring (bicyclic) bond motifs is 1. The van der Waals surface area contributed by atoms with E-state index >= 15 is 0 Å². The first-order valence-electron chi connectivity index (χ1n) is 11.9. The molecule has 0 bridgehead atoms. The second-order valence-electron chi connectivity index (χ2n) is 9.77. The first kappa shape index (κ1) is 24.7. The Morgan fingerprint density at radius 2 is 1.60 bits per heavy atom. The van der Waals surface area contributed by atoms with Gasteiger partial charge in [-0.1, -0.05) is 69.1 Å². The summed E-state index contributed by atoms with van der Waals surface area (Å²) < 4.78 is 0. The second-order valence-corrected chi connectivity index (χ2v) is 10.2. The number of anilines is 1. The van der Waals surface area contributed by atoms with E-state index < -0.39 is 0 Å². The molecule has 1 aromatic heterocycles. The minimum atomic E-state index is -0.257. The van der Waals surface area contributed by atoms with Crippen LogP contribution in [0.2, 0.25) is 5.02 Å². The van der Waals surface area contributed by atoms with E-state index in [0.29, 0.717) is 16.3 Å². The van der Waals surface area contributed by atoms with Gasteiger partial charge in [-0.15, -0.1) is 0 Å². The number of nitrogens with zero attached hydrogens (tertiary/aromatic N) is 1. The van der Waals surface area contributed by atoms with E-state index in [9.17, 15) is 9.90 Å². The molecule has 4 aromatic rings. The summed E-state index contributed by atoms with van der Waals surface area (Å²) in [6.45, 7) is 12.1. The van der Waals surface area contributed by atoms with Gasteiger partial charge in [0, 0.05) is 27.1 Å². The van der Waals surface area contributed by atoms with Gasteiger partial charge in [-0.25, -0.2) is 0 Å². The molecule has 1 heterocycles. The number of carbonyl (C=O) groups excluding carboxylic acids is 1. The predicted molar refractivity (Wildman–Crippen MR) is 146 cm³/mol. The van der Waals surface area contributed by atoms with E-state index in [0.717, 1.165) is 44.3 Å². The maximum Gasteiger partial charge on any atom is 0.255 e. The smallest absolute Gasteiger partial charge is 0.255 e. The summed E-state index contributed by atoms with van der Waals surface area (Å²) >= 11 is 6.63. The Hall–Kier alpha value is -3.37. The molecule has 0 fully saturated rings. The molecule has 0 aliphatic heterocycles. The van der Waals surface area contributed by atoms with Crippen LogP contribution in [-0.2, 0) is 0 Å². The Morgan fingerprint density at radius 3 is 2.20 bits per heavy atom. The van der Waals surface area contributed by atoms with Crippen molar-refractivity contribution in [3.63, 3.8) is 0 Å². The van der Waals surface area contributed by atoms with Gasteiger partial charge < -0.3 is 10.4 Å². The maximum absolute atomic E-state index is 13.6. The molecule has 1 amide bonds. The van der Waals surface area contributed by atoms with Crippen molar-refractivity contribution in [2.75, 3.05) is 5.32 Å². The lowest BCUT2D eigenvalue weighted by Gasteiger charge is -2.19. The average Bonchev–Trinajstić information content (AvgIpc) is 2.79. The van der Waals surface area contributed by atoms with Crippen molar-refractivity contribution in [2.24, 2.45) is 0 Å². The molecule has 0 unspecified atom stereocenters. The Morgan fingerprint density at radius 1 is 0.971 bits per heavy atom. The van der Waals surface area contributed by atoms with E-state index in [4.69, 9.17) is 16.6 Å². The Bertz CT molecular complexity index is 1410. The maximum atomic E-state index is 13.6. The van der Waals surface area contributed by atoms with Gasteiger partial charge in [0.25, 0.3) is 5.91 Å². The zero-order chi connectivity index (χ0) is 25.4. The molecule has 0 radical (unpaired) electrons. The zero-order valence-electron chi connectivity index (χ0n) is 21.0. The summed E-state index contributed by atoms with van der Waals surface area (Å²) in [5.74, 6) is 0.161. The zero-order valence-corrected chi connectivity index (χ0v) is 21.8. The number of phenols is 1. The number of hydrogen-bond donors (Lipinski definition) is 2. The molecule has 2 N–H and O–H groups in total. The van der Waals surface area contributed by atoms with E-state index in [1.54, 1.807) is 18.3 Å². The minimum absolute atomic E-state index is 0.0761. The van der Waals surface area contributed by atoms with E-state index in [1.165, 1.54) is 0 Å². The summed E-state index contributed by atoms with van der Waals surface area (Å²) in [7, 11) is 0. The second kappa shape index (κ2) is 9.71. The highest BCUT2D eigenvalue weighted by atomic mass is 35.5. The van der Waals surface area contributed by atoms with Crippen LogP contribution in [0.1, 0.15) is 72.1 Å². The fourth-order valence-corrected chi connectivity index (χ4v) is 4.83. The summed E-state index contributed by atoms with van der Waals surface area (Å²) in [4.78, 5) is 18.3. The summed E-state index contributed by atoms with van der Waals surface area (Å²) in [6.07, 6.45) is 1.70. The Kier molecular flexibility index (Phi) is 6.86. The van der Waals surface area contributed by atoms with Gasteiger partial charge in [-0.05, 0) is 66.6 Å². The normalized spacial score (nSPS) is 11.5. The van der Waals surface area contributed by atoms with Crippen molar-refractivity contribution in [3.05, 3.63) is 87.6 Å². The van der Waals surface area contributed by atoms with Gasteiger partial charge >= 0.3 is 0 Å². The number of amides is 1. The van der Waals surface area contributed by atoms with Crippen LogP contribution in [0.5, 0.6) is 5.75 Å². The van der Waals surface area contributed by atoms with Crippen LogP contribution < -0.4 is 5.32 Å². The van der Waals surface area contributed by atoms with Gasteiger partial charge in [-0.2, -0.15) is 0 Å². The highest BCUT2D eigenvalue weighted by Crippen LogP contribution is 2.40. The number of aromatic nitrogens is 1. The molecule has 0 saturated carbocycles. The fraction of sp³-hybridized carbons (Fsp3) is 0.267. The van der Waals surface area contributed by atoms with Crippen LogP contribution in [0.15, 0.2) is 54.7 Å². The molecule has 180 valence electrons. The summed E-state index contributed by atoms with van der Waals surface area (Å²) in [5, 5.41) is 15.4. The van der Waals surface area contributed by atoms with Crippen molar-refractivity contribution in [3.8, 4) is 16.9 Å². The molecule has 0 saturated heterocycles. The molecule has 4 rings (SSSR count). The number of pyridine rings is 1. The number of aryl methyl sites for hydroxylation is 2. The van der Waals surface area contributed by atoms with Crippen molar-refractivity contribution < 1.29 is 9.90 Å². The van der Waals surface area contributed by atoms with Crippen LogP contribution in [0.25, 0.3) is 22.0 Å². The number of carbonyl (C=O) groups is 1. The van der Waals surface area contributed by atoms with Gasteiger partial charge in [0.1, 0.15) is 5.75 Å².